The van der Waals surface area contributed by atoms with E-state index in [4.69, 9.17) is 0 Å². The normalized spacial score (nSPS) is 20.1. The van der Waals surface area contributed by atoms with Crippen LogP contribution in [0.1, 0.15) is 37.4 Å². The molecular formula is C17H21N3. The average molecular weight is 267 g/mol. The minimum absolute atomic E-state index is 0.619. The van der Waals surface area contributed by atoms with Crippen molar-refractivity contribution >= 4 is 10.9 Å². The SMILES string of the molecule is C[C@@H]1CCCCN1Cc1c(C#N)c2ccccc2n1C. The Morgan fingerprint density at radius 1 is 1.30 bits per heavy atom. The van der Waals surface area contributed by atoms with Crippen LogP contribution in [-0.4, -0.2) is 22.1 Å². The molecule has 1 aliphatic heterocycles. The summed E-state index contributed by atoms with van der Waals surface area (Å²) in [6.45, 7) is 4.33. The monoisotopic (exact) mass is 267 g/mol. The van der Waals surface area contributed by atoms with Crippen LogP contribution >= 0.6 is 0 Å². The third-order valence-electron chi connectivity index (χ3n) is 4.63. The van der Waals surface area contributed by atoms with Crippen LogP contribution in [0, 0.1) is 11.3 Å². The van der Waals surface area contributed by atoms with E-state index in [1.807, 2.05) is 12.1 Å². The van der Waals surface area contributed by atoms with Gasteiger partial charge in [-0.1, -0.05) is 24.6 Å². The fourth-order valence-electron chi connectivity index (χ4n) is 3.34. The second-order valence-electron chi connectivity index (χ2n) is 5.82. The van der Waals surface area contributed by atoms with E-state index in [1.54, 1.807) is 0 Å². The van der Waals surface area contributed by atoms with Crippen LogP contribution in [0.4, 0.5) is 0 Å². The second kappa shape index (κ2) is 5.30. The third-order valence-corrected chi connectivity index (χ3v) is 4.63. The van der Waals surface area contributed by atoms with Crippen molar-refractivity contribution in [1.29, 1.82) is 5.26 Å². The lowest BCUT2D eigenvalue weighted by Crippen LogP contribution is -2.37. The molecule has 3 heteroatoms. The fourth-order valence-corrected chi connectivity index (χ4v) is 3.34. The summed E-state index contributed by atoms with van der Waals surface area (Å²) < 4.78 is 2.19. The lowest BCUT2D eigenvalue weighted by atomic mass is 10.0. The molecule has 0 amide bonds. The van der Waals surface area contributed by atoms with Crippen molar-refractivity contribution in [1.82, 2.24) is 9.47 Å². The smallest absolute Gasteiger partial charge is 0.102 e. The lowest BCUT2D eigenvalue weighted by molar-refractivity contribution is 0.149. The highest BCUT2D eigenvalue weighted by molar-refractivity contribution is 5.88. The maximum Gasteiger partial charge on any atom is 0.102 e. The van der Waals surface area contributed by atoms with Crippen LogP contribution in [0.2, 0.25) is 0 Å². The first-order chi connectivity index (χ1) is 9.72. The molecule has 0 spiro atoms. The molecule has 1 fully saturated rings. The molecule has 0 saturated carbocycles. The van der Waals surface area contributed by atoms with Gasteiger partial charge in [0.05, 0.1) is 11.3 Å². The highest BCUT2D eigenvalue weighted by Gasteiger charge is 2.22. The molecule has 2 aromatic rings. The molecule has 0 aliphatic carbocycles. The zero-order chi connectivity index (χ0) is 14.1. The molecule has 0 radical (unpaired) electrons. The van der Waals surface area contributed by atoms with Gasteiger partial charge in [0.15, 0.2) is 0 Å². The van der Waals surface area contributed by atoms with E-state index >= 15 is 0 Å². The summed E-state index contributed by atoms with van der Waals surface area (Å²) >= 11 is 0. The van der Waals surface area contributed by atoms with Gasteiger partial charge in [-0.3, -0.25) is 4.90 Å². The van der Waals surface area contributed by atoms with E-state index in [9.17, 15) is 5.26 Å². The summed E-state index contributed by atoms with van der Waals surface area (Å²) in [5, 5.41) is 10.6. The van der Waals surface area contributed by atoms with E-state index in [1.165, 1.54) is 19.3 Å². The first-order valence-electron chi connectivity index (χ1n) is 7.43. The van der Waals surface area contributed by atoms with Crippen molar-refractivity contribution < 1.29 is 0 Å². The number of likely N-dealkylation sites (tertiary alicyclic amines) is 1. The largest absolute Gasteiger partial charge is 0.345 e. The quantitative estimate of drug-likeness (QED) is 0.835. The minimum atomic E-state index is 0.619. The molecular weight excluding hydrogens is 246 g/mol. The number of piperidine rings is 1. The Bertz CT molecular complexity index is 663. The second-order valence-corrected chi connectivity index (χ2v) is 5.82. The fraction of sp³-hybridized carbons (Fsp3) is 0.471. The van der Waals surface area contributed by atoms with Crippen LogP contribution in [0.25, 0.3) is 10.9 Å². The first-order valence-corrected chi connectivity index (χ1v) is 7.43. The maximum atomic E-state index is 9.54. The number of nitriles is 1. The van der Waals surface area contributed by atoms with Gasteiger partial charge in [0.25, 0.3) is 0 Å². The van der Waals surface area contributed by atoms with E-state index in [2.05, 4.69) is 41.6 Å². The Kier molecular flexibility index (Phi) is 3.50. The zero-order valence-corrected chi connectivity index (χ0v) is 12.3. The molecule has 1 aromatic heterocycles. The van der Waals surface area contributed by atoms with E-state index in [0.717, 1.165) is 35.2 Å². The summed E-state index contributed by atoms with van der Waals surface area (Å²) in [6, 6.07) is 11.2. The van der Waals surface area contributed by atoms with Crippen LogP contribution < -0.4 is 0 Å². The predicted octanol–water partition coefficient (Wildman–Crippen LogP) is 3.42. The molecule has 3 rings (SSSR count). The van der Waals surface area contributed by atoms with Gasteiger partial charge in [0, 0.05) is 30.5 Å². The number of aromatic nitrogens is 1. The Labute approximate surface area is 120 Å². The van der Waals surface area contributed by atoms with Gasteiger partial charge in [-0.05, 0) is 32.4 Å². The number of hydrogen-bond donors (Lipinski definition) is 0. The van der Waals surface area contributed by atoms with Gasteiger partial charge in [0.2, 0.25) is 0 Å². The Balaban J connectivity index is 2.03. The standard InChI is InChI=1S/C17H21N3/c1-13-7-5-6-10-20(13)12-17-15(11-18)14-8-3-4-9-16(14)19(17)2/h3-4,8-9,13H,5-7,10,12H2,1-2H3/t13-/m1/s1. The average Bonchev–Trinajstić information content (AvgIpc) is 2.74. The van der Waals surface area contributed by atoms with Crippen LogP contribution in [0.3, 0.4) is 0 Å². The molecule has 0 unspecified atom stereocenters. The molecule has 0 bridgehead atoms. The molecule has 2 heterocycles. The summed E-state index contributed by atoms with van der Waals surface area (Å²) in [6.07, 6.45) is 3.87. The van der Waals surface area contributed by atoms with E-state index in [0.29, 0.717) is 6.04 Å². The molecule has 1 atom stereocenters. The molecule has 3 nitrogen and oxygen atoms in total. The van der Waals surface area contributed by atoms with Crippen molar-refractivity contribution in [2.75, 3.05) is 6.54 Å². The van der Waals surface area contributed by atoms with Gasteiger partial charge >= 0.3 is 0 Å². The maximum absolute atomic E-state index is 9.54. The third kappa shape index (κ3) is 2.10. The highest BCUT2D eigenvalue weighted by atomic mass is 15.2. The summed E-state index contributed by atoms with van der Waals surface area (Å²) in [7, 11) is 2.08. The highest BCUT2D eigenvalue weighted by Crippen LogP contribution is 2.27. The Hall–Kier alpha value is -1.79. The van der Waals surface area contributed by atoms with Crippen molar-refractivity contribution in [2.24, 2.45) is 7.05 Å². The number of hydrogen-bond acceptors (Lipinski definition) is 2. The Morgan fingerprint density at radius 2 is 2.10 bits per heavy atom. The van der Waals surface area contributed by atoms with Crippen molar-refractivity contribution in [2.45, 2.75) is 38.8 Å². The van der Waals surface area contributed by atoms with Crippen LogP contribution in [-0.2, 0) is 13.6 Å². The van der Waals surface area contributed by atoms with Gasteiger partial charge in [-0.15, -0.1) is 0 Å². The Morgan fingerprint density at radius 3 is 2.85 bits per heavy atom. The van der Waals surface area contributed by atoms with Crippen molar-refractivity contribution in [3.63, 3.8) is 0 Å². The predicted molar refractivity (Wildman–Crippen MR) is 81.4 cm³/mol. The molecule has 1 saturated heterocycles. The van der Waals surface area contributed by atoms with Crippen LogP contribution in [0.5, 0.6) is 0 Å². The molecule has 20 heavy (non-hydrogen) atoms. The molecule has 104 valence electrons. The van der Waals surface area contributed by atoms with Gasteiger partial charge in [0.1, 0.15) is 6.07 Å². The number of fused-ring (bicyclic) bond motifs is 1. The minimum Gasteiger partial charge on any atom is -0.345 e. The number of para-hydroxylation sites is 1. The van der Waals surface area contributed by atoms with Gasteiger partial charge in [-0.25, -0.2) is 0 Å². The number of rotatable bonds is 2. The van der Waals surface area contributed by atoms with Crippen LogP contribution in [0.15, 0.2) is 24.3 Å². The van der Waals surface area contributed by atoms with Crippen molar-refractivity contribution in [3.05, 3.63) is 35.5 Å². The van der Waals surface area contributed by atoms with Crippen molar-refractivity contribution in [3.8, 4) is 6.07 Å². The molecule has 1 aliphatic rings. The summed E-state index contributed by atoms with van der Waals surface area (Å²) in [5.41, 5.74) is 3.16. The number of benzene rings is 1. The number of aryl methyl sites for hydroxylation is 1. The van der Waals surface area contributed by atoms with E-state index in [-0.39, 0.29) is 0 Å². The number of nitrogens with zero attached hydrogens (tertiary/aromatic N) is 3. The molecule has 0 N–H and O–H groups in total. The first kappa shape index (κ1) is 13.2. The molecule has 1 aromatic carbocycles. The van der Waals surface area contributed by atoms with Gasteiger partial charge < -0.3 is 4.57 Å². The topological polar surface area (TPSA) is 32.0 Å². The summed E-state index contributed by atoms with van der Waals surface area (Å²) in [5.74, 6) is 0. The van der Waals surface area contributed by atoms with Gasteiger partial charge in [-0.2, -0.15) is 5.26 Å². The lowest BCUT2D eigenvalue weighted by Gasteiger charge is -2.33. The summed E-state index contributed by atoms with van der Waals surface area (Å²) in [4.78, 5) is 2.51. The zero-order valence-electron chi connectivity index (χ0n) is 12.3. The van der Waals surface area contributed by atoms with E-state index < -0.39 is 0 Å².